The number of thiophene rings is 1. The van der Waals surface area contributed by atoms with Gasteiger partial charge in [-0.3, -0.25) is 4.72 Å². The van der Waals surface area contributed by atoms with Crippen molar-refractivity contribution in [2.75, 3.05) is 22.7 Å². The second-order valence-corrected chi connectivity index (χ2v) is 8.58. The van der Waals surface area contributed by atoms with E-state index in [1.807, 2.05) is 13.0 Å². The summed E-state index contributed by atoms with van der Waals surface area (Å²) < 4.78 is 27.6. The molecule has 0 aliphatic carbocycles. The number of hydrogen-bond donors (Lipinski definition) is 1. The number of rotatable bonds is 5. The maximum atomic E-state index is 12.4. The molecule has 3 rings (SSSR count). The zero-order chi connectivity index (χ0) is 16.3. The zero-order valence-electron chi connectivity index (χ0n) is 13.0. The standard InChI is InChI=1S/C15H20N4O2S2/c1-2-13-6-7-14(22-13)23(20,21)18-12-10-16-15(17-11-12)19-8-4-3-5-9-19/h6-7,10-11,18H,2-5,8-9H2,1H3. The second-order valence-electron chi connectivity index (χ2n) is 5.50. The number of aromatic nitrogens is 2. The maximum absolute atomic E-state index is 12.4. The van der Waals surface area contributed by atoms with Crippen molar-refractivity contribution in [2.24, 2.45) is 0 Å². The van der Waals surface area contributed by atoms with Gasteiger partial charge in [0.2, 0.25) is 5.95 Å². The predicted molar refractivity (Wildman–Crippen MR) is 92.6 cm³/mol. The molecule has 2 aromatic rings. The van der Waals surface area contributed by atoms with Crippen LogP contribution in [0.5, 0.6) is 0 Å². The van der Waals surface area contributed by atoms with Crippen molar-refractivity contribution in [1.29, 1.82) is 0 Å². The lowest BCUT2D eigenvalue weighted by Crippen LogP contribution is -2.30. The number of nitrogens with zero attached hydrogens (tertiary/aromatic N) is 3. The molecule has 0 spiro atoms. The first-order chi connectivity index (χ1) is 11.1. The van der Waals surface area contributed by atoms with Gasteiger partial charge in [0.25, 0.3) is 10.0 Å². The van der Waals surface area contributed by atoms with E-state index in [-0.39, 0.29) is 0 Å². The highest BCUT2D eigenvalue weighted by Crippen LogP contribution is 2.24. The molecule has 1 N–H and O–H groups in total. The Labute approximate surface area is 140 Å². The number of aryl methyl sites for hydroxylation is 1. The molecule has 1 aliphatic rings. The van der Waals surface area contributed by atoms with Gasteiger partial charge in [-0.2, -0.15) is 0 Å². The molecule has 0 aromatic carbocycles. The molecule has 8 heteroatoms. The van der Waals surface area contributed by atoms with Gasteiger partial charge in [-0.15, -0.1) is 11.3 Å². The van der Waals surface area contributed by atoms with E-state index in [0.29, 0.717) is 15.8 Å². The van der Waals surface area contributed by atoms with Crippen molar-refractivity contribution in [1.82, 2.24) is 9.97 Å². The second kappa shape index (κ2) is 6.84. The van der Waals surface area contributed by atoms with Gasteiger partial charge in [0.15, 0.2) is 0 Å². The van der Waals surface area contributed by atoms with Gasteiger partial charge in [0.1, 0.15) is 4.21 Å². The molecule has 23 heavy (non-hydrogen) atoms. The Balaban J connectivity index is 1.72. The molecule has 1 aliphatic heterocycles. The Bertz CT molecular complexity index is 750. The Morgan fingerprint density at radius 1 is 1.17 bits per heavy atom. The van der Waals surface area contributed by atoms with Crippen LogP contribution in [0.2, 0.25) is 0 Å². The van der Waals surface area contributed by atoms with Crippen LogP contribution in [-0.4, -0.2) is 31.5 Å². The minimum absolute atomic E-state index is 0.314. The van der Waals surface area contributed by atoms with Crippen molar-refractivity contribution < 1.29 is 8.42 Å². The van der Waals surface area contributed by atoms with Gasteiger partial charge in [-0.1, -0.05) is 6.92 Å². The summed E-state index contributed by atoms with van der Waals surface area (Å²) in [6.45, 7) is 3.92. The Kier molecular flexibility index (Phi) is 4.82. The van der Waals surface area contributed by atoms with E-state index in [2.05, 4.69) is 19.6 Å². The third kappa shape index (κ3) is 3.81. The lowest BCUT2D eigenvalue weighted by Gasteiger charge is -2.26. The summed E-state index contributed by atoms with van der Waals surface area (Å²) >= 11 is 1.29. The molecule has 6 nitrogen and oxygen atoms in total. The minimum Gasteiger partial charge on any atom is -0.341 e. The molecule has 0 amide bonds. The Hall–Kier alpha value is -1.67. The average molecular weight is 352 g/mol. The first-order valence-electron chi connectivity index (χ1n) is 7.77. The topological polar surface area (TPSA) is 75.2 Å². The predicted octanol–water partition coefficient (Wildman–Crippen LogP) is 2.89. The van der Waals surface area contributed by atoms with E-state index in [1.165, 1.54) is 30.2 Å². The van der Waals surface area contributed by atoms with E-state index < -0.39 is 10.0 Å². The number of hydrogen-bond acceptors (Lipinski definition) is 6. The van der Waals surface area contributed by atoms with Crippen LogP contribution in [-0.2, 0) is 16.4 Å². The Morgan fingerprint density at radius 2 is 1.87 bits per heavy atom. The zero-order valence-corrected chi connectivity index (χ0v) is 14.7. The van der Waals surface area contributed by atoms with Crippen molar-refractivity contribution in [3.8, 4) is 0 Å². The summed E-state index contributed by atoms with van der Waals surface area (Å²) in [4.78, 5) is 11.8. The quantitative estimate of drug-likeness (QED) is 0.895. The summed E-state index contributed by atoms with van der Waals surface area (Å²) in [6.07, 6.45) is 7.43. The van der Waals surface area contributed by atoms with Crippen LogP contribution in [0.3, 0.4) is 0 Å². The molecule has 1 saturated heterocycles. The van der Waals surface area contributed by atoms with Crippen LogP contribution in [0.25, 0.3) is 0 Å². The van der Waals surface area contributed by atoms with Crippen molar-refractivity contribution in [3.05, 3.63) is 29.4 Å². The number of piperidine rings is 1. The van der Waals surface area contributed by atoms with Crippen molar-refractivity contribution in [3.63, 3.8) is 0 Å². The van der Waals surface area contributed by atoms with Gasteiger partial charge in [-0.25, -0.2) is 18.4 Å². The summed E-state index contributed by atoms with van der Waals surface area (Å²) in [5, 5.41) is 0. The van der Waals surface area contributed by atoms with E-state index in [1.54, 1.807) is 6.07 Å². The maximum Gasteiger partial charge on any atom is 0.271 e. The molecular weight excluding hydrogens is 332 g/mol. The fourth-order valence-electron chi connectivity index (χ4n) is 2.53. The minimum atomic E-state index is -3.57. The normalized spacial score (nSPS) is 15.6. The van der Waals surface area contributed by atoms with Gasteiger partial charge in [0, 0.05) is 18.0 Å². The van der Waals surface area contributed by atoms with Crippen LogP contribution in [0.4, 0.5) is 11.6 Å². The van der Waals surface area contributed by atoms with E-state index in [0.717, 1.165) is 37.2 Å². The van der Waals surface area contributed by atoms with E-state index >= 15 is 0 Å². The fraction of sp³-hybridized carbons (Fsp3) is 0.467. The van der Waals surface area contributed by atoms with Crippen LogP contribution < -0.4 is 9.62 Å². The molecule has 2 aromatic heterocycles. The third-order valence-electron chi connectivity index (χ3n) is 3.78. The highest BCUT2D eigenvalue weighted by Gasteiger charge is 2.18. The third-order valence-corrected chi connectivity index (χ3v) is 6.88. The average Bonchev–Trinajstić information content (AvgIpc) is 3.06. The molecule has 0 atom stereocenters. The lowest BCUT2D eigenvalue weighted by atomic mass is 10.1. The lowest BCUT2D eigenvalue weighted by molar-refractivity contribution is 0.568. The number of sulfonamides is 1. The Morgan fingerprint density at radius 3 is 2.48 bits per heavy atom. The van der Waals surface area contributed by atoms with E-state index in [4.69, 9.17) is 0 Å². The first kappa shape index (κ1) is 16.2. The first-order valence-corrected chi connectivity index (χ1v) is 10.1. The molecule has 0 radical (unpaired) electrons. The highest BCUT2D eigenvalue weighted by atomic mass is 32.2. The molecule has 0 bridgehead atoms. The van der Waals surface area contributed by atoms with E-state index in [9.17, 15) is 8.42 Å². The van der Waals surface area contributed by atoms with Crippen molar-refractivity contribution in [2.45, 2.75) is 36.8 Å². The van der Waals surface area contributed by atoms with Crippen molar-refractivity contribution >= 4 is 33.0 Å². The molecule has 1 fully saturated rings. The molecule has 3 heterocycles. The number of nitrogens with one attached hydrogen (secondary N) is 1. The summed E-state index contributed by atoms with van der Waals surface area (Å²) in [6, 6.07) is 3.48. The monoisotopic (exact) mass is 352 g/mol. The van der Waals surface area contributed by atoms with Gasteiger partial charge >= 0.3 is 0 Å². The molecule has 0 saturated carbocycles. The molecule has 0 unspecified atom stereocenters. The number of anilines is 2. The SMILES string of the molecule is CCc1ccc(S(=O)(=O)Nc2cnc(N3CCCCC3)nc2)s1. The van der Waals surface area contributed by atoms with Gasteiger partial charge in [0.05, 0.1) is 18.1 Å². The van der Waals surface area contributed by atoms with Crippen LogP contribution in [0.1, 0.15) is 31.1 Å². The van der Waals surface area contributed by atoms with Crippen LogP contribution in [0, 0.1) is 0 Å². The van der Waals surface area contributed by atoms with Gasteiger partial charge < -0.3 is 4.90 Å². The highest BCUT2D eigenvalue weighted by molar-refractivity contribution is 7.94. The molecule has 124 valence electrons. The summed E-state index contributed by atoms with van der Waals surface area (Å²) in [5.74, 6) is 0.664. The smallest absolute Gasteiger partial charge is 0.271 e. The summed E-state index contributed by atoms with van der Waals surface area (Å²) in [5.41, 5.74) is 0.386. The van der Waals surface area contributed by atoms with Crippen LogP contribution >= 0.6 is 11.3 Å². The molecular formula is C15H20N4O2S2. The fourth-order valence-corrected chi connectivity index (χ4v) is 4.85. The largest absolute Gasteiger partial charge is 0.341 e. The van der Waals surface area contributed by atoms with Crippen LogP contribution in [0.15, 0.2) is 28.7 Å². The summed E-state index contributed by atoms with van der Waals surface area (Å²) in [7, 11) is -3.57. The van der Waals surface area contributed by atoms with Gasteiger partial charge in [-0.05, 0) is 37.8 Å².